The molecule has 0 aliphatic carbocycles. The fourth-order valence-corrected chi connectivity index (χ4v) is 2.94. The first kappa shape index (κ1) is 18.9. The molecule has 2 N–H and O–H groups in total. The minimum absolute atomic E-state index is 0.252. The fourth-order valence-electron chi connectivity index (χ4n) is 2.94. The molecule has 0 amide bonds. The molecular formula is C22H26N2O3. The monoisotopic (exact) mass is 366 g/mol. The van der Waals surface area contributed by atoms with Crippen molar-refractivity contribution in [1.82, 2.24) is 10.2 Å². The van der Waals surface area contributed by atoms with Crippen molar-refractivity contribution in [2.24, 2.45) is 0 Å². The van der Waals surface area contributed by atoms with Crippen LogP contribution in [0.1, 0.15) is 11.1 Å². The van der Waals surface area contributed by atoms with E-state index in [1.807, 2.05) is 60.0 Å². The summed E-state index contributed by atoms with van der Waals surface area (Å²) in [5, 5.41) is 13.2. The number of β-amino-alcohol motifs (C(OH)–C–C–N with tert-alkyl or cyclic N) is 1. The van der Waals surface area contributed by atoms with E-state index in [-0.39, 0.29) is 6.61 Å². The van der Waals surface area contributed by atoms with Crippen molar-refractivity contribution in [3.63, 3.8) is 0 Å². The highest BCUT2D eigenvalue weighted by Gasteiger charge is 2.11. The molecule has 27 heavy (non-hydrogen) atoms. The number of para-hydroxylation sites is 1. The van der Waals surface area contributed by atoms with Gasteiger partial charge in [-0.15, -0.1) is 0 Å². The first-order chi connectivity index (χ1) is 13.2. The van der Waals surface area contributed by atoms with Crippen LogP contribution in [0.5, 0.6) is 11.5 Å². The van der Waals surface area contributed by atoms with E-state index in [9.17, 15) is 5.11 Å². The molecule has 0 unspecified atom stereocenters. The second-order valence-corrected chi connectivity index (χ2v) is 6.42. The molecule has 5 nitrogen and oxygen atoms in total. The number of nitrogens with one attached hydrogen (secondary N) is 1. The van der Waals surface area contributed by atoms with Gasteiger partial charge in [0.05, 0.1) is 13.7 Å². The molecule has 0 bridgehead atoms. The van der Waals surface area contributed by atoms with E-state index in [4.69, 9.17) is 9.47 Å². The van der Waals surface area contributed by atoms with Crippen molar-refractivity contribution < 1.29 is 14.6 Å². The minimum atomic E-state index is -0.580. The summed E-state index contributed by atoms with van der Waals surface area (Å²) in [6.07, 6.45) is 8.59. The molecule has 142 valence electrons. The third-order valence-electron chi connectivity index (χ3n) is 4.37. The molecule has 3 rings (SSSR count). The van der Waals surface area contributed by atoms with Crippen LogP contribution < -0.4 is 14.8 Å². The van der Waals surface area contributed by atoms with Crippen LogP contribution in [0.15, 0.2) is 73.3 Å². The second-order valence-electron chi connectivity index (χ2n) is 6.42. The number of nitrogens with zero attached hydrogens (tertiary/aromatic N) is 1. The van der Waals surface area contributed by atoms with Gasteiger partial charge in [0.2, 0.25) is 0 Å². The number of rotatable bonds is 9. The third kappa shape index (κ3) is 5.79. The lowest BCUT2D eigenvalue weighted by Crippen LogP contribution is -2.31. The average Bonchev–Trinajstić information content (AvgIpc) is 2.72. The summed E-state index contributed by atoms with van der Waals surface area (Å²) < 4.78 is 11.2. The Kier molecular flexibility index (Phi) is 6.77. The number of aliphatic hydroxyl groups is 1. The van der Waals surface area contributed by atoms with Crippen molar-refractivity contribution in [3.05, 3.63) is 84.5 Å². The van der Waals surface area contributed by atoms with Crippen molar-refractivity contribution in [1.29, 1.82) is 0 Å². The Bertz CT molecular complexity index is 777. The first-order valence-electron chi connectivity index (χ1n) is 9.11. The molecule has 1 aliphatic rings. The maximum atomic E-state index is 10.3. The summed E-state index contributed by atoms with van der Waals surface area (Å²) in [6, 6.07) is 16.1. The zero-order valence-corrected chi connectivity index (χ0v) is 15.5. The largest absolute Gasteiger partial charge is 0.497 e. The van der Waals surface area contributed by atoms with Crippen LogP contribution in [0, 0.1) is 0 Å². The molecular weight excluding hydrogens is 340 g/mol. The minimum Gasteiger partial charge on any atom is -0.497 e. The van der Waals surface area contributed by atoms with Crippen LogP contribution >= 0.6 is 0 Å². The van der Waals surface area contributed by atoms with E-state index >= 15 is 0 Å². The van der Waals surface area contributed by atoms with Crippen LogP contribution in [0.25, 0.3) is 0 Å². The zero-order valence-electron chi connectivity index (χ0n) is 15.5. The molecule has 0 radical (unpaired) electrons. The Labute approximate surface area is 160 Å². The van der Waals surface area contributed by atoms with Crippen LogP contribution in [-0.2, 0) is 12.8 Å². The van der Waals surface area contributed by atoms with E-state index in [1.165, 1.54) is 5.56 Å². The van der Waals surface area contributed by atoms with E-state index in [0.717, 1.165) is 29.9 Å². The third-order valence-corrected chi connectivity index (χ3v) is 4.37. The van der Waals surface area contributed by atoms with Crippen molar-refractivity contribution in [2.75, 3.05) is 20.3 Å². The Morgan fingerprint density at radius 2 is 1.85 bits per heavy atom. The molecule has 2 aromatic carbocycles. The highest BCUT2D eigenvalue weighted by molar-refractivity contribution is 5.35. The average molecular weight is 366 g/mol. The fraction of sp³-hybridized carbons (Fsp3) is 0.273. The number of benzene rings is 2. The van der Waals surface area contributed by atoms with Crippen molar-refractivity contribution in [2.45, 2.75) is 18.9 Å². The normalized spacial score (nSPS) is 13.9. The molecule has 0 spiro atoms. The Morgan fingerprint density at radius 3 is 2.67 bits per heavy atom. The SMILES string of the molecule is COc1cccc(CCc2ccccc2OC[C@@H](O)CN2C=CNC=C2)c1. The maximum absolute atomic E-state index is 10.3. The summed E-state index contributed by atoms with van der Waals surface area (Å²) in [5.41, 5.74) is 2.36. The lowest BCUT2D eigenvalue weighted by Gasteiger charge is -2.22. The quantitative estimate of drug-likeness (QED) is 0.714. The zero-order chi connectivity index (χ0) is 18.9. The van der Waals surface area contributed by atoms with Crippen LogP contribution in [0.4, 0.5) is 0 Å². The van der Waals surface area contributed by atoms with Crippen molar-refractivity contribution >= 4 is 0 Å². The van der Waals surface area contributed by atoms with Gasteiger partial charge in [-0.25, -0.2) is 0 Å². The smallest absolute Gasteiger partial charge is 0.122 e. The Morgan fingerprint density at radius 1 is 1.04 bits per heavy atom. The number of methoxy groups -OCH3 is 1. The number of hydrogen-bond acceptors (Lipinski definition) is 5. The van der Waals surface area contributed by atoms with Gasteiger partial charge in [-0.05, 0) is 42.2 Å². The highest BCUT2D eigenvalue weighted by atomic mass is 16.5. The summed E-state index contributed by atoms with van der Waals surface area (Å²) in [6.45, 7) is 0.739. The Hall–Kier alpha value is -2.92. The molecule has 0 saturated carbocycles. The lowest BCUT2D eigenvalue weighted by molar-refractivity contribution is 0.0904. The molecule has 1 aliphatic heterocycles. The van der Waals surface area contributed by atoms with Gasteiger partial charge in [0.15, 0.2) is 0 Å². The van der Waals surface area contributed by atoms with E-state index in [2.05, 4.69) is 23.5 Å². The Balaban J connectivity index is 1.54. The summed E-state index contributed by atoms with van der Waals surface area (Å²) in [4.78, 5) is 1.92. The number of aryl methyl sites for hydroxylation is 2. The molecule has 0 aromatic heterocycles. The number of aliphatic hydroxyl groups excluding tert-OH is 1. The topological polar surface area (TPSA) is 54.0 Å². The summed E-state index contributed by atoms with van der Waals surface area (Å²) >= 11 is 0. The lowest BCUT2D eigenvalue weighted by atomic mass is 10.0. The van der Waals surface area contributed by atoms with E-state index < -0.39 is 6.10 Å². The van der Waals surface area contributed by atoms with Gasteiger partial charge in [-0.3, -0.25) is 0 Å². The van der Waals surface area contributed by atoms with E-state index in [1.54, 1.807) is 7.11 Å². The standard InChI is InChI=1S/C22H26N2O3/c1-26-21-7-4-5-18(15-21)9-10-19-6-2-3-8-22(19)27-17-20(25)16-24-13-11-23-12-14-24/h2-8,11-15,20,23,25H,9-10,16-17H2,1H3/t20-/m0/s1. The molecule has 2 aromatic rings. The summed E-state index contributed by atoms with van der Waals surface area (Å²) in [7, 11) is 1.68. The van der Waals surface area contributed by atoms with Gasteiger partial charge in [0, 0.05) is 24.8 Å². The molecule has 5 heteroatoms. The van der Waals surface area contributed by atoms with Gasteiger partial charge in [-0.2, -0.15) is 0 Å². The number of ether oxygens (including phenoxy) is 2. The summed E-state index contributed by atoms with van der Waals surface area (Å²) in [5.74, 6) is 1.70. The highest BCUT2D eigenvalue weighted by Crippen LogP contribution is 2.21. The van der Waals surface area contributed by atoms with Crippen LogP contribution in [0.3, 0.4) is 0 Å². The predicted molar refractivity (Wildman–Crippen MR) is 106 cm³/mol. The number of hydrogen-bond donors (Lipinski definition) is 2. The van der Waals surface area contributed by atoms with Crippen molar-refractivity contribution in [3.8, 4) is 11.5 Å². The van der Waals surface area contributed by atoms with Gasteiger partial charge in [0.25, 0.3) is 0 Å². The second kappa shape index (κ2) is 9.69. The van der Waals surface area contributed by atoms with Gasteiger partial charge >= 0.3 is 0 Å². The van der Waals surface area contributed by atoms with E-state index in [0.29, 0.717) is 6.54 Å². The van der Waals surface area contributed by atoms with Crippen LogP contribution in [-0.4, -0.2) is 36.4 Å². The van der Waals surface area contributed by atoms with Crippen LogP contribution in [0.2, 0.25) is 0 Å². The van der Waals surface area contributed by atoms with Gasteiger partial charge in [0.1, 0.15) is 24.2 Å². The van der Waals surface area contributed by atoms with Gasteiger partial charge in [-0.1, -0.05) is 30.3 Å². The molecule has 0 saturated heterocycles. The first-order valence-corrected chi connectivity index (χ1v) is 9.11. The molecule has 1 atom stereocenters. The predicted octanol–water partition coefficient (Wildman–Crippen LogP) is 3.07. The maximum Gasteiger partial charge on any atom is 0.122 e. The van der Waals surface area contributed by atoms with Gasteiger partial charge < -0.3 is 24.8 Å². The molecule has 1 heterocycles. The molecule has 0 fully saturated rings.